The Labute approximate surface area is 131 Å². The molecule has 0 aliphatic rings. The van der Waals surface area contributed by atoms with Crippen LogP contribution in [-0.4, -0.2) is 29.0 Å². The molecule has 2 N–H and O–H groups in total. The van der Waals surface area contributed by atoms with Crippen molar-refractivity contribution in [1.82, 2.24) is 4.90 Å². The molecule has 4 heteroatoms. The molecule has 4 nitrogen and oxygen atoms in total. The number of anilines is 1. The normalized spacial score (nSPS) is 10.7. The van der Waals surface area contributed by atoms with E-state index >= 15 is 0 Å². The highest BCUT2D eigenvalue weighted by Gasteiger charge is 2.07. The van der Waals surface area contributed by atoms with E-state index in [2.05, 4.69) is 24.1 Å². The first-order valence-electron chi connectivity index (χ1n) is 7.54. The zero-order chi connectivity index (χ0) is 15.9. The quantitative estimate of drug-likeness (QED) is 0.803. The molecule has 0 aliphatic carbocycles. The number of aromatic hydroxyl groups is 1. The van der Waals surface area contributed by atoms with Crippen LogP contribution in [-0.2, 0) is 6.54 Å². The maximum absolute atomic E-state index is 12.2. The van der Waals surface area contributed by atoms with E-state index in [-0.39, 0.29) is 11.7 Å². The third-order valence-electron chi connectivity index (χ3n) is 3.64. The Kier molecular flexibility index (Phi) is 5.55. The number of nitrogens with one attached hydrogen (secondary N) is 1. The van der Waals surface area contributed by atoms with Gasteiger partial charge in [0.15, 0.2) is 0 Å². The fourth-order valence-electron chi connectivity index (χ4n) is 2.21. The van der Waals surface area contributed by atoms with Crippen LogP contribution in [0.25, 0.3) is 0 Å². The topological polar surface area (TPSA) is 52.6 Å². The van der Waals surface area contributed by atoms with Gasteiger partial charge in [0.2, 0.25) is 0 Å². The van der Waals surface area contributed by atoms with Gasteiger partial charge in [-0.25, -0.2) is 0 Å². The van der Waals surface area contributed by atoms with Gasteiger partial charge in [0, 0.05) is 17.8 Å². The highest BCUT2D eigenvalue weighted by atomic mass is 16.3. The van der Waals surface area contributed by atoms with Crippen LogP contribution in [0.3, 0.4) is 0 Å². The Morgan fingerprint density at radius 2 is 1.59 bits per heavy atom. The molecule has 2 aromatic carbocycles. The summed E-state index contributed by atoms with van der Waals surface area (Å²) in [5.41, 5.74) is 2.48. The minimum absolute atomic E-state index is 0.153. The summed E-state index contributed by atoms with van der Waals surface area (Å²) in [4.78, 5) is 14.5. The molecule has 0 fully saturated rings. The van der Waals surface area contributed by atoms with Crippen molar-refractivity contribution in [2.45, 2.75) is 20.4 Å². The SMILES string of the molecule is CCN(CC)Cc1ccc(C(=O)Nc2ccc(O)cc2)cc1. The monoisotopic (exact) mass is 298 g/mol. The summed E-state index contributed by atoms with van der Waals surface area (Å²) in [6, 6.07) is 14.1. The first kappa shape index (κ1) is 16.0. The molecule has 0 atom stereocenters. The Balaban J connectivity index is 2.00. The average Bonchev–Trinajstić information content (AvgIpc) is 2.55. The summed E-state index contributed by atoms with van der Waals surface area (Å²) in [7, 11) is 0. The van der Waals surface area contributed by atoms with Crippen molar-refractivity contribution in [2.75, 3.05) is 18.4 Å². The van der Waals surface area contributed by atoms with E-state index in [1.54, 1.807) is 24.3 Å². The van der Waals surface area contributed by atoms with Crippen molar-refractivity contribution < 1.29 is 9.90 Å². The van der Waals surface area contributed by atoms with Gasteiger partial charge in [-0.05, 0) is 55.1 Å². The average molecular weight is 298 g/mol. The predicted octanol–water partition coefficient (Wildman–Crippen LogP) is 3.49. The molecule has 0 radical (unpaired) electrons. The van der Waals surface area contributed by atoms with Gasteiger partial charge in [-0.2, -0.15) is 0 Å². The molecule has 2 rings (SSSR count). The van der Waals surface area contributed by atoms with E-state index in [1.807, 2.05) is 24.3 Å². The Hall–Kier alpha value is -2.33. The molecular weight excluding hydrogens is 276 g/mol. The summed E-state index contributed by atoms with van der Waals surface area (Å²) in [6.45, 7) is 7.21. The van der Waals surface area contributed by atoms with Gasteiger partial charge in [-0.3, -0.25) is 9.69 Å². The molecule has 0 heterocycles. The van der Waals surface area contributed by atoms with Crippen LogP contribution in [0.4, 0.5) is 5.69 Å². The van der Waals surface area contributed by atoms with Crippen molar-refractivity contribution >= 4 is 11.6 Å². The molecule has 0 bridgehead atoms. The van der Waals surface area contributed by atoms with Gasteiger partial charge in [-0.1, -0.05) is 26.0 Å². The molecule has 0 saturated heterocycles. The molecule has 2 aromatic rings. The van der Waals surface area contributed by atoms with Gasteiger partial charge in [0.05, 0.1) is 0 Å². The lowest BCUT2D eigenvalue weighted by atomic mass is 10.1. The predicted molar refractivity (Wildman–Crippen MR) is 89.1 cm³/mol. The van der Waals surface area contributed by atoms with E-state index in [4.69, 9.17) is 0 Å². The maximum atomic E-state index is 12.2. The lowest BCUT2D eigenvalue weighted by Crippen LogP contribution is -2.22. The van der Waals surface area contributed by atoms with E-state index in [1.165, 1.54) is 5.56 Å². The van der Waals surface area contributed by atoms with Crippen molar-refractivity contribution in [3.8, 4) is 5.75 Å². The number of rotatable bonds is 6. The summed E-state index contributed by atoms with van der Waals surface area (Å²) >= 11 is 0. The summed E-state index contributed by atoms with van der Waals surface area (Å²) < 4.78 is 0. The standard InChI is InChI=1S/C18H22N2O2/c1-3-20(4-2)13-14-5-7-15(8-6-14)18(22)19-16-9-11-17(21)12-10-16/h5-12,21H,3-4,13H2,1-2H3,(H,19,22). The molecule has 0 aliphatic heterocycles. The van der Waals surface area contributed by atoms with Crippen LogP contribution < -0.4 is 5.32 Å². The highest BCUT2D eigenvalue weighted by molar-refractivity contribution is 6.04. The minimum atomic E-state index is -0.153. The molecule has 0 aromatic heterocycles. The number of hydrogen-bond acceptors (Lipinski definition) is 3. The number of benzene rings is 2. The zero-order valence-corrected chi connectivity index (χ0v) is 13.0. The van der Waals surface area contributed by atoms with Gasteiger partial charge in [-0.15, -0.1) is 0 Å². The Bertz CT molecular complexity index is 602. The molecule has 0 unspecified atom stereocenters. The minimum Gasteiger partial charge on any atom is -0.508 e. The van der Waals surface area contributed by atoms with E-state index in [0.717, 1.165) is 19.6 Å². The van der Waals surface area contributed by atoms with Crippen LogP contribution in [0.2, 0.25) is 0 Å². The Morgan fingerprint density at radius 3 is 2.14 bits per heavy atom. The molecule has 0 saturated carbocycles. The number of amides is 1. The largest absolute Gasteiger partial charge is 0.508 e. The fourth-order valence-corrected chi connectivity index (χ4v) is 2.21. The zero-order valence-electron chi connectivity index (χ0n) is 13.0. The van der Waals surface area contributed by atoms with E-state index < -0.39 is 0 Å². The molecule has 1 amide bonds. The molecular formula is C18H22N2O2. The number of hydrogen-bond donors (Lipinski definition) is 2. The van der Waals surface area contributed by atoms with Crippen molar-refractivity contribution in [3.63, 3.8) is 0 Å². The molecule has 116 valence electrons. The second-order valence-electron chi connectivity index (χ2n) is 5.16. The van der Waals surface area contributed by atoms with Crippen LogP contribution in [0.15, 0.2) is 48.5 Å². The van der Waals surface area contributed by atoms with Crippen LogP contribution in [0.5, 0.6) is 5.75 Å². The van der Waals surface area contributed by atoms with Crippen LogP contribution in [0.1, 0.15) is 29.8 Å². The second kappa shape index (κ2) is 7.61. The van der Waals surface area contributed by atoms with E-state index in [0.29, 0.717) is 11.3 Å². The smallest absolute Gasteiger partial charge is 0.255 e. The number of phenolic OH excluding ortho intramolecular Hbond substituents is 1. The first-order valence-corrected chi connectivity index (χ1v) is 7.54. The molecule has 22 heavy (non-hydrogen) atoms. The Morgan fingerprint density at radius 1 is 1.00 bits per heavy atom. The van der Waals surface area contributed by atoms with Gasteiger partial charge in [0.1, 0.15) is 5.75 Å². The van der Waals surface area contributed by atoms with Gasteiger partial charge >= 0.3 is 0 Å². The highest BCUT2D eigenvalue weighted by Crippen LogP contribution is 2.15. The van der Waals surface area contributed by atoms with Crippen molar-refractivity contribution in [1.29, 1.82) is 0 Å². The third kappa shape index (κ3) is 4.33. The fraction of sp³-hybridized carbons (Fsp3) is 0.278. The van der Waals surface area contributed by atoms with Gasteiger partial charge in [0.25, 0.3) is 5.91 Å². The molecule has 0 spiro atoms. The number of nitrogens with zero attached hydrogens (tertiary/aromatic N) is 1. The first-order chi connectivity index (χ1) is 10.6. The lowest BCUT2D eigenvalue weighted by Gasteiger charge is -2.18. The lowest BCUT2D eigenvalue weighted by molar-refractivity contribution is 0.102. The van der Waals surface area contributed by atoms with Crippen molar-refractivity contribution in [2.24, 2.45) is 0 Å². The summed E-state index contributed by atoms with van der Waals surface area (Å²) in [5.74, 6) is 0.0267. The number of carbonyl (C=O) groups excluding carboxylic acids is 1. The maximum Gasteiger partial charge on any atom is 0.255 e. The van der Waals surface area contributed by atoms with Crippen LogP contribution in [0, 0.1) is 0 Å². The van der Waals surface area contributed by atoms with E-state index in [9.17, 15) is 9.90 Å². The number of carbonyl (C=O) groups is 1. The summed E-state index contributed by atoms with van der Waals surface area (Å²) in [6.07, 6.45) is 0. The second-order valence-corrected chi connectivity index (χ2v) is 5.16. The van der Waals surface area contributed by atoms with Crippen LogP contribution >= 0.6 is 0 Å². The number of phenols is 1. The van der Waals surface area contributed by atoms with Crippen molar-refractivity contribution in [3.05, 3.63) is 59.7 Å². The van der Waals surface area contributed by atoms with Gasteiger partial charge < -0.3 is 10.4 Å². The third-order valence-corrected chi connectivity index (χ3v) is 3.64. The summed E-state index contributed by atoms with van der Waals surface area (Å²) in [5, 5.41) is 12.0.